The van der Waals surface area contributed by atoms with Crippen molar-refractivity contribution in [3.63, 3.8) is 0 Å². The molecule has 8 heteroatoms. The van der Waals surface area contributed by atoms with Crippen molar-refractivity contribution < 1.29 is 14.0 Å². The van der Waals surface area contributed by atoms with E-state index in [-0.39, 0.29) is 23.7 Å². The molecular weight excluding hydrogens is 415 g/mol. The van der Waals surface area contributed by atoms with E-state index in [1.54, 1.807) is 35.0 Å². The highest BCUT2D eigenvalue weighted by atomic mass is 79.9. The summed E-state index contributed by atoms with van der Waals surface area (Å²) in [5, 5.41) is 6.97. The van der Waals surface area contributed by atoms with E-state index >= 15 is 0 Å². The molecule has 1 aromatic carbocycles. The average Bonchev–Trinajstić information content (AvgIpc) is 3.09. The molecule has 1 aromatic heterocycles. The van der Waals surface area contributed by atoms with E-state index in [2.05, 4.69) is 26.3 Å². The van der Waals surface area contributed by atoms with Crippen LogP contribution in [0.15, 0.2) is 41.1 Å². The molecule has 0 radical (unpaired) electrons. The normalized spacial score (nSPS) is 15.3. The van der Waals surface area contributed by atoms with Crippen LogP contribution in [-0.2, 0) is 11.8 Å². The molecule has 2 heterocycles. The summed E-state index contributed by atoms with van der Waals surface area (Å²) in [7, 11) is 1.76. The maximum Gasteiger partial charge on any atom is 0.254 e. The lowest BCUT2D eigenvalue weighted by atomic mass is 10.0. The molecule has 3 rings (SSSR count). The molecule has 1 aliphatic heterocycles. The van der Waals surface area contributed by atoms with Crippen LogP contribution >= 0.6 is 15.9 Å². The van der Waals surface area contributed by atoms with Gasteiger partial charge < -0.3 is 10.2 Å². The molecule has 1 aliphatic rings. The fourth-order valence-electron chi connectivity index (χ4n) is 2.96. The Bertz CT molecular complexity index is 872. The molecule has 0 atom stereocenters. The van der Waals surface area contributed by atoms with Crippen LogP contribution in [0, 0.1) is 5.82 Å². The molecule has 27 heavy (non-hydrogen) atoms. The number of aryl methyl sites for hydroxylation is 1. The van der Waals surface area contributed by atoms with E-state index in [9.17, 15) is 14.0 Å². The minimum atomic E-state index is -0.376. The van der Waals surface area contributed by atoms with Crippen molar-refractivity contribution >= 4 is 33.8 Å². The fourth-order valence-corrected chi connectivity index (χ4v) is 3.34. The van der Waals surface area contributed by atoms with Crippen molar-refractivity contribution in [1.82, 2.24) is 20.0 Å². The molecular formula is C19H20BrFN4O2. The van der Waals surface area contributed by atoms with E-state index in [1.165, 1.54) is 24.4 Å². The topological polar surface area (TPSA) is 67.2 Å². The summed E-state index contributed by atoms with van der Waals surface area (Å²) in [6.07, 6.45) is 7.42. The predicted molar refractivity (Wildman–Crippen MR) is 103 cm³/mol. The lowest BCUT2D eigenvalue weighted by molar-refractivity contribution is -0.126. The van der Waals surface area contributed by atoms with Crippen molar-refractivity contribution in [2.45, 2.75) is 18.9 Å². The standard InChI is InChI=1S/C19H20BrFN4O2/c1-24-12-14(11-22-24)19(27)23-16-6-8-25(9-7-16)18(26)5-2-13-10-15(20)3-4-17(13)21/h2-5,10-12,16H,6-9H2,1H3,(H,23,27)/b5-2+. The van der Waals surface area contributed by atoms with Crippen molar-refractivity contribution in [3.8, 4) is 0 Å². The third-order valence-corrected chi connectivity index (χ3v) is 4.97. The molecule has 0 unspecified atom stereocenters. The first kappa shape index (κ1) is 19.3. The van der Waals surface area contributed by atoms with Crippen LogP contribution in [0.3, 0.4) is 0 Å². The Balaban J connectivity index is 1.51. The SMILES string of the molecule is Cn1cc(C(=O)NC2CCN(C(=O)/C=C/c3cc(Br)ccc3F)CC2)cn1. The number of rotatable bonds is 4. The number of nitrogens with one attached hydrogen (secondary N) is 1. The van der Waals surface area contributed by atoms with Crippen LogP contribution < -0.4 is 5.32 Å². The van der Waals surface area contributed by atoms with Crippen LogP contribution in [0.1, 0.15) is 28.8 Å². The number of amides is 2. The number of aromatic nitrogens is 2. The van der Waals surface area contributed by atoms with Crippen molar-refractivity contribution in [1.29, 1.82) is 0 Å². The van der Waals surface area contributed by atoms with Gasteiger partial charge in [-0.15, -0.1) is 0 Å². The number of nitrogens with zero attached hydrogens (tertiary/aromatic N) is 3. The Morgan fingerprint density at radius 1 is 1.33 bits per heavy atom. The molecule has 2 amide bonds. The largest absolute Gasteiger partial charge is 0.349 e. The summed E-state index contributed by atoms with van der Waals surface area (Å²) in [5.41, 5.74) is 0.881. The van der Waals surface area contributed by atoms with Gasteiger partial charge >= 0.3 is 0 Å². The second-order valence-corrected chi connectivity index (χ2v) is 7.39. The molecule has 1 saturated heterocycles. The summed E-state index contributed by atoms with van der Waals surface area (Å²) >= 11 is 3.29. The number of carbonyl (C=O) groups excluding carboxylic acids is 2. The highest BCUT2D eigenvalue weighted by Crippen LogP contribution is 2.17. The summed E-state index contributed by atoms with van der Waals surface area (Å²) in [6.45, 7) is 1.09. The van der Waals surface area contributed by atoms with Gasteiger partial charge in [0.05, 0.1) is 11.8 Å². The second kappa shape index (κ2) is 8.47. The fraction of sp³-hybridized carbons (Fsp3) is 0.316. The zero-order chi connectivity index (χ0) is 19.4. The van der Waals surface area contributed by atoms with Gasteiger partial charge in [-0.2, -0.15) is 5.10 Å². The van der Waals surface area contributed by atoms with E-state index in [0.29, 0.717) is 37.1 Å². The quantitative estimate of drug-likeness (QED) is 0.752. The number of halogens is 2. The molecule has 142 valence electrons. The van der Waals surface area contributed by atoms with Crippen molar-refractivity contribution in [2.24, 2.45) is 7.05 Å². The number of likely N-dealkylation sites (tertiary alicyclic amines) is 1. The van der Waals surface area contributed by atoms with Gasteiger partial charge in [-0.25, -0.2) is 4.39 Å². The summed E-state index contributed by atoms with van der Waals surface area (Å²) in [5.74, 6) is -0.691. The number of piperidine rings is 1. The minimum absolute atomic E-state index is 0.0215. The molecule has 0 bridgehead atoms. The van der Waals surface area contributed by atoms with Gasteiger partial charge in [0.15, 0.2) is 0 Å². The molecule has 0 spiro atoms. The Labute approximate surface area is 165 Å². The molecule has 1 N–H and O–H groups in total. The molecule has 2 aromatic rings. The van der Waals surface area contributed by atoms with Crippen LogP contribution in [0.2, 0.25) is 0 Å². The van der Waals surface area contributed by atoms with Crippen molar-refractivity contribution in [2.75, 3.05) is 13.1 Å². The minimum Gasteiger partial charge on any atom is -0.349 e. The first-order valence-electron chi connectivity index (χ1n) is 8.64. The first-order valence-corrected chi connectivity index (χ1v) is 9.43. The van der Waals surface area contributed by atoms with Gasteiger partial charge in [-0.1, -0.05) is 15.9 Å². The number of hydrogen-bond donors (Lipinski definition) is 1. The number of hydrogen-bond acceptors (Lipinski definition) is 3. The van der Waals surface area contributed by atoms with Gasteiger partial charge in [0.1, 0.15) is 5.82 Å². The molecule has 1 fully saturated rings. The van der Waals surface area contributed by atoms with Crippen LogP contribution in [-0.4, -0.2) is 45.6 Å². The highest BCUT2D eigenvalue weighted by molar-refractivity contribution is 9.10. The average molecular weight is 435 g/mol. The summed E-state index contributed by atoms with van der Waals surface area (Å²) < 4.78 is 16.1. The molecule has 0 saturated carbocycles. The number of carbonyl (C=O) groups is 2. The predicted octanol–water partition coefficient (Wildman–Crippen LogP) is 2.76. The smallest absolute Gasteiger partial charge is 0.254 e. The summed E-state index contributed by atoms with van der Waals surface area (Å²) in [4.78, 5) is 26.2. The van der Waals surface area contributed by atoms with Crippen LogP contribution in [0.25, 0.3) is 6.08 Å². The molecule has 0 aliphatic carbocycles. The molecule has 6 nitrogen and oxygen atoms in total. The Morgan fingerprint density at radius 3 is 2.74 bits per heavy atom. The summed E-state index contributed by atoms with van der Waals surface area (Å²) in [6, 6.07) is 4.61. The van der Waals surface area contributed by atoms with Gasteiger partial charge in [0.25, 0.3) is 5.91 Å². The van der Waals surface area contributed by atoms with Crippen LogP contribution in [0.4, 0.5) is 4.39 Å². The van der Waals surface area contributed by atoms with Gasteiger partial charge in [-0.05, 0) is 37.1 Å². The van der Waals surface area contributed by atoms with Gasteiger partial charge in [-0.3, -0.25) is 14.3 Å². The first-order chi connectivity index (χ1) is 12.9. The van der Waals surface area contributed by atoms with Gasteiger partial charge in [0.2, 0.25) is 5.91 Å². The highest BCUT2D eigenvalue weighted by Gasteiger charge is 2.23. The van der Waals surface area contributed by atoms with E-state index in [1.807, 2.05) is 0 Å². The van der Waals surface area contributed by atoms with E-state index in [0.717, 1.165) is 4.47 Å². The Morgan fingerprint density at radius 2 is 2.07 bits per heavy atom. The van der Waals surface area contributed by atoms with Gasteiger partial charge in [0, 0.05) is 48.5 Å². The lowest BCUT2D eigenvalue weighted by Crippen LogP contribution is -2.46. The zero-order valence-corrected chi connectivity index (χ0v) is 16.4. The van der Waals surface area contributed by atoms with Crippen molar-refractivity contribution in [3.05, 3.63) is 58.1 Å². The monoisotopic (exact) mass is 434 g/mol. The second-order valence-electron chi connectivity index (χ2n) is 6.47. The maximum absolute atomic E-state index is 13.7. The Hall–Kier alpha value is -2.48. The van der Waals surface area contributed by atoms with E-state index in [4.69, 9.17) is 0 Å². The third kappa shape index (κ3) is 5.03. The lowest BCUT2D eigenvalue weighted by Gasteiger charge is -2.31. The zero-order valence-electron chi connectivity index (χ0n) is 14.9. The van der Waals surface area contributed by atoms with Crippen LogP contribution in [0.5, 0.6) is 0 Å². The third-order valence-electron chi connectivity index (χ3n) is 4.47. The van der Waals surface area contributed by atoms with E-state index < -0.39 is 0 Å². The Kier molecular flexibility index (Phi) is 6.05. The maximum atomic E-state index is 13.7. The number of benzene rings is 1.